The number of thiazole rings is 1. The van der Waals surface area contributed by atoms with Crippen molar-refractivity contribution in [3.8, 4) is 22.8 Å². The number of hydrogen-bond donors (Lipinski definition) is 1. The van der Waals surface area contributed by atoms with Gasteiger partial charge in [-0.1, -0.05) is 41.1 Å². The zero-order valence-corrected chi connectivity index (χ0v) is 19.0. The van der Waals surface area contributed by atoms with E-state index in [0.717, 1.165) is 32.6 Å². The number of carbonyl (C=O) groups is 1. The summed E-state index contributed by atoms with van der Waals surface area (Å²) in [4.78, 5) is 18.3. The number of anilines is 1. The Morgan fingerprint density at radius 3 is 2.48 bits per heavy atom. The van der Waals surface area contributed by atoms with Gasteiger partial charge in [-0.3, -0.25) is 4.79 Å². The molecule has 3 aromatic rings. The summed E-state index contributed by atoms with van der Waals surface area (Å²) in [5, 5.41) is 3.58. The lowest BCUT2D eigenvalue weighted by Crippen LogP contribution is -2.12. The monoisotopic (exact) mass is 474 g/mol. The lowest BCUT2D eigenvalue weighted by molar-refractivity contribution is -0.116. The van der Waals surface area contributed by atoms with Gasteiger partial charge in [0, 0.05) is 21.3 Å². The largest absolute Gasteiger partial charge is 0.493 e. The third kappa shape index (κ3) is 5.36. The van der Waals surface area contributed by atoms with E-state index in [-0.39, 0.29) is 5.91 Å². The van der Waals surface area contributed by atoms with Gasteiger partial charge in [-0.05, 0) is 42.7 Å². The number of nitrogens with one attached hydrogen (secondary N) is 1. The fourth-order valence-electron chi connectivity index (χ4n) is 2.95. The Morgan fingerprint density at radius 1 is 1.10 bits per heavy atom. The summed E-state index contributed by atoms with van der Waals surface area (Å²) in [5.74, 6) is 1.28. The maximum Gasteiger partial charge on any atom is 0.226 e. The number of amides is 1. The molecule has 29 heavy (non-hydrogen) atoms. The van der Waals surface area contributed by atoms with E-state index in [1.807, 2.05) is 42.5 Å². The van der Waals surface area contributed by atoms with Crippen LogP contribution in [0.5, 0.6) is 11.5 Å². The summed E-state index contributed by atoms with van der Waals surface area (Å²) in [5.41, 5.74) is 2.99. The van der Waals surface area contributed by atoms with E-state index in [1.54, 1.807) is 14.2 Å². The number of aryl methyl sites for hydroxylation is 2. The molecule has 1 heterocycles. The van der Waals surface area contributed by atoms with Gasteiger partial charge in [0.15, 0.2) is 16.6 Å². The molecule has 0 spiro atoms. The number of ether oxygens (including phenoxy) is 2. The standard InChI is InChI=1S/C22H23BrN2O3S/c1-4-19-21(15-7-9-16(23)10-8-15)25-22(29-19)24-20(26)12-6-14-5-11-17(27-2)18(13-14)28-3/h5,7-11,13H,4,6,12H2,1-3H3,(H,24,25,26). The van der Waals surface area contributed by atoms with Crippen molar-refractivity contribution >= 4 is 38.3 Å². The SMILES string of the molecule is CCc1sc(NC(=O)CCc2ccc(OC)c(OC)c2)nc1-c1ccc(Br)cc1. The molecule has 0 bridgehead atoms. The van der Waals surface area contributed by atoms with E-state index in [4.69, 9.17) is 9.47 Å². The Bertz CT molecular complexity index is 986. The van der Waals surface area contributed by atoms with Crippen molar-refractivity contribution in [1.82, 2.24) is 4.98 Å². The van der Waals surface area contributed by atoms with Gasteiger partial charge in [-0.25, -0.2) is 4.98 Å². The minimum Gasteiger partial charge on any atom is -0.493 e. The summed E-state index contributed by atoms with van der Waals surface area (Å²) in [6.45, 7) is 2.10. The van der Waals surface area contributed by atoms with Crippen LogP contribution in [-0.2, 0) is 17.6 Å². The molecule has 0 saturated carbocycles. The van der Waals surface area contributed by atoms with Gasteiger partial charge < -0.3 is 14.8 Å². The number of rotatable bonds is 8. The van der Waals surface area contributed by atoms with E-state index < -0.39 is 0 Å². The van der Waals surface area contributed by atoms with Gasteiger partial charge in [-0.15, -0.1) is 11.3 Å². The zero-order valence-electron chi connectivity index (χ0n) is 16.6. The van der Waals surface area contributed by atoms with E-state index in [0.29, 0.717) is 29.5 Å². The van der Waals surface area contributed by atoms with Crippen molar-refractivity contribution in [3.63, 3.8) is 0 Å². The quantitative estimate of drug-likeness (QED) is 0.453. The molecule has 5 nitrogen and oxygen atoms in total. The molecule has 0 radical (unpaired) electrons. The minimum atomic E-state index is -0.0569. The normalized spacial score (nSPS) is 10.6. The summed E-state index contributed by atoms with van der Waals surface area (Å²) < 4.78 is 11.6. The molecule has 7 heteroatoms. The first-order valence-electron chi connectivity index (χ1n) is 9.30. The predicted molar refractivity (Wildman–Crippen MR) is 121 cm³/mol. The summed E-state index contributed by atoms with van der Waals surface area (Å²) >= 11 is 4.98. The van der Waals surface area contributed by atoms with Crippen LogP contribution in [0.2, 0.25) is 0 Å². The van der Waals surface area contributed by atoms with E-state index >= 15 is 0 Å². The fraction of sp³-hybridized carbons (Fsp3) is 0.273. The van der Waals surface area contributed by atoms with Crippen LogP contribution in [0.1, 0.15) is 23.8 Å². The number of carbonyl (C=O) groups excluding carboxylic acids is 1. The molecular formula is C22H23BrN2O3S. The second kappa shape index (κ2) is 9.89. The molecule has 0 saturated heterocycles. The van der Waals surface area contributed by atoms with Gasteiger partial charge in [0.05, 0.1) is 19.9 Å². The highest BCUT2D eigenvalue weighted by atomic mass is 79.9. The van der Waals surface area contributed by atoms with Crippen LogP contribution in [-0.4, -0.2) is 25.1 Å². The molecule has 0 fully saturated rings. The molecule has 152 valence electrons. The van der Waals surface area contributed by atoms with Crippen molar-refractivity contribution in [3.05, 3.63) is 57.4 Å². The number of nitrogens with zero attached hydrogens (tertiary/aromatic N) is 1. The van der Waals surface area contributed by atoms with E-state index in [9.17, 15) is 4.79 Å². The maximum absolute atomic E-state index is 12.4. The highest BCUT2D eigenvalue weighted by molar-refractivity contribution is 9.10. The Kier molecular flexibility index (Phi) is 7.28. The number of methoxy groups -OCH3 is 2. The van der Waals surface area contributed by atoms with E-state index in [2.05, 4.69) is 33.2 Å². The molecule has 0 aliphatic heterocycles. The smallest absolute Gasteiger partial charge is 0.226 e. The van der Waals surface area contributed by atoms with Crippen LogP contribution in [0.15, 0.2) is 46.9 Å². The molecule has 0 atom stereocenters. The highest BCUT2D eigenvalue weighted by Crippen LogP contribution is 2.32. The lowest BCUT2D eigenvalue weighted by Gasteiger charge is -2.09. The van der Waals surface area contributed by atoms with Crippen LogP contribution in [0.3, 0.4) is 0 Å². The molecule has 1 aromatic heterocycles. The van der Waals surface area contributed by atoms with Crippen LogP contribution >= 0.6 is 27.3 Å². The second-order valence-electron chi connectivity index (χ2n) is 6.39. The van der Waals surface area contributed by atoms with Crippen LogP contribution in [0.4, 0.5) is 5.13 Å². The lowest BCUT2D eigenvalue weighted by atomic mass is 10.1. The summed E-state index contributed by atoms with van der Waals surface area (Å²) in [6.07, 6.45) is 1.84. The van der Waals surface area contributed by atoms with Gasteiger partial charge in [0.1, 0.15) is 0 Å². The number of benzene rings is 2. The molecule has 2 aromatic carbocycles. The topological polar surface area (TPSA) is 60.5 Å². The Morgan fingerprint density at radius 2 is 1.83 bits per heavy atom. The molecule has 1 amide bonds. The zero-order chi connectivity index (χ0) is 20.8. The third-order valence-electron chi connectivity index (χ3n) is 4.47. The third-order valence-corrected chi connectivity index (χ3v) is 6.11. The molecule has 1 N–H and O–H groups in total. The van der Waals surface area contributed by atoms with E-state index in [1.165, 1.54) is 11.3 Å². The second-order valence-corrected chi connectivity index (χ2v) is 8.39. The van der Waals surface area contributed by atoms with Crippen molar-refractivity contribution < 1.29 is 14.3 Å². The number of halogens is 1. The van der Waals surface area contributed by atoms with Crippen LogP contribution in [0.25, 0.3) is 11.3 Å². The van der Waals surface area contributed by atoms with Crippen LogP contribution < -0.4 is 14.8 Å². The van der Waals surface area contributed by atoms with Crippen molar-refractivity contribution in [2.45, 2.75) is 26.2 Å². The van der Waals surface area contributed by atoms with Gasteiger partial charge >= 0.3 is 0 Å². The van der Waals surface area contributed by atoms with Crippen molar-refractivity contribution in [2.75, 3.05) is 19.5 Å². The number of aromatic nitrogens is 1. The fourth-order valence-corrected chi connectivity index (χ4v) is 4.16. The minimum absolute atomic E-state index is 0.0569. The highest BCUT2D eigenvalue weighted by Gasteiger charge is 2.14. The Labute approximate surface area is 183 Å². The van der Waals surface area contributed by atoms with Gasteiger partial charge in [0.25, 0.3) is 0 Å². The first-order chi connectivity index (χ1) is 14.0. The first-order valence-corrected chi connectivity index (χ1v) is 10.9. The molecule has 0 unspecified atom stereocenters. The summed E-state index contributed by atoms with van der Waals surface area (Å²) in [7, 11) is 3.21. The van der Waals surface area contributed by atoms with Crippen molar-refractivity contribution in [1.29, 1.82) is 0 Å². The van der Waals surface area contributed by atoms with Crippen LogP contribution in [0, 0.1) is 0 Å². The van der Waals surface area contributed by atoms with Gasteiger partial charge in [-0.2, -0.15) is 0 Å². The number of hydrogen-bond acceptors (Lipinski definition) is 5. The average Bonchev–Trinajstić information content (AvgIpc) is 3.15. The Hall–Kier alpha value is -2.38. The van der Waals surface area contributed by atoms with Crippen molar-refractivity contribution in [2.24, 2.45) is 0 Å². The molecule has 0 aliphatic rings. The maximum atomic E-state index is 12.4. The average molecular weight is 475 g/mol. The molecular weight excluding hydrogens is 452 g/mol. The Balaban J connectivity index is 1.66. The molecule has 3 rings (SSSR count). The first kappa shape index (κ1) is 21.3. The predicted octanol–water partition coefficient (Wildman–Crippen LogP) is 5.72. The van der Waals surface area contributed by atoms with Gasteiger partial charge in [0.2, 0.25) is 5.91 Å². The summed E-state index contributed by atoms with van der Waals surface area (Å²) in [6, 6.07) is 13.7. The molecule has 0 aliphatic carbocycles.